The molecule has 1 aromatic heterocycles. The van der Waals surface area contributed by atoms with Crippen LogP contribution in [0.3, 0.4) is 0 Å². The molecule has 0 radical (unpaired) electrons. The van der Waals surface area contributed by atoms with Crippen molar-refractivity contribution in [2.75, 3.05) is 13.1 Å². The van der Waals surface area contributed by atoms with Gasteiger partial charge in [-0.25, -0.2) is 0 Å². The van der Waals surface area contributed by atoms with E-state index in [1.807, 2.05) is 30.4 Å². The number of rotatable bonds is 6. The summed E-state index contributed by atoms with van der Waals surface area (Å²) in [4.78, 5) is 12.5. The monoisotopic (exact) mass is 226 g/mol. The van der Waals surface area contributed by atoms with E-state index in [9.17, 15) is 4.79 Å². The van der Waals surface area contributed by atoms with E-state index in [4.69, 9.17) is 5.11 Å². The molecule has 0 aromatic carbocycles. The van der Waals surface area contributed by atoms with Crippen molar-refractivity contribution in [1.29, 1.82) is 0 Å². The van der Waals surface area contributed by atoms with E-state index >= 15 is 0 Å². The summed E-state index contributed by atoms with van der Waals surface area (Å²) in [6.07, 6.45) is 0.157. The summed E-state index contributed by atoms with van der Waals surface area (Å²) in [7, 11) is 1.91. The Labute approximate surface area is 94.9 Å². The van der Waals surface area contributed by atoms with Crippen molar-refractivity contribution in [1.82, 2.24) is 19.7 Å². The fourth-order valence-corrected chi connectivity index (χ4v) is 1.39. The average molecular weight is 226 g/mol. The molecule has 0 aliphatic carbocycles. The van der Waals surface area contributed by atoms with Crippen LogP contribution < -0.4 is 0 Å². The highest BCUT2D eigenvalue weighted by Crippen LogP contribution is 2.03. The third-order valence-electron chi connectivity index (χ3n) is 2.64. The Morgan fingerprint density at radius 3 is 2.62 bits per heavy atom. The van der Waals surface area contributed by atoms with Crippen LogP contribution in [0.25, 0.3) is 0 Å². The van der Waals surface area contributed by atoms with Crippen molar-refractivity contribution in [3.05, 3.63) is 11.6 Å². The Hall–Kier alpha value is -1.43. The maximum absolute atomic E-state index is 10.5. The lowest BCUT2D eigenvalue weighted by atomic mass is 10.3. The maximum atomic E-state index is 10.5. The van der Waals surface area contributed by atoms with Crippen molar-refractivity contribution in [2.45, 2.75) is 26.8 Å². The third-order valence-corrected chi connectivity index (χ3v) is 2.64. The van der Waals surface area contributed by atoms with Gasteiger partial charge in [-0.15, -0.1) is 10.2 Å². The lowest BCUT2D eigenvalue weighted by Crippen LogP contribution is -2.27. The minimum atomic E-state index is -0.771. The van der Waals surface area contributed by atoms with Gasteiger partial charge >= 0.3 is 5.97 Å². The molecule has 0 aliphatic heterocycles. The van der Waals surface area contributed by atoms with E-state index in [-0.39, 0.29) is 6.42 Å². The quantitative estimate of drug-likeness (QED) is 0.761. The highest BCUT2D eigenvalue weighted by Gasteiger charge is 2.11. The Kier molecular flexibility index (Phi) is 4.42. The molecule has 1 aromatic rings. The molecule has 1 heterocycles. The molecule has 6 heteroatoms. The molecule has 0 unspecified atom stereocenters. The molecule has 0 saturated heterocycles. The van der Waals surface area contributed by atoms with E-state index in [1.165, 1.54) is 0 Å². The van der Waals surface area contributed by atoms with Gasteiger partial charge in [-0.2, -0.15) is 0 Å². The molecule has 1 N–H and O–H groups in total. The first-order chi connectivity index (χ1) is 7.54. The molecule has 0 aliphatic rings. The van der Waals surface area contributed by atoms with Crippen LogP contribution in [0.15, 0.2) is 0 Å². The van der Waals surface area contributed by atoms with Crippen LogP contribution in [-0.2, 0) is 18.4 Å². The zero-order chi connectivity index (χ0) is 12.1. The van der Waals surface area contributed by atoms with Gasteiger partial charge in [-0.3, -0.25) is 9.69 Å². The summed E-state index contributed by atoms with van der Waals surface area (Å²) in [5.74, 6) is 0.960. The number of aliphatic carboxylic acids is 1. The molecule has 6 nitrogen and oxygen atoms in total. The predicted molar refractivity (Wildman–Crippen MR) is 58.9 cm³/mol. The number of aromatic nitrogens is 3. The second-order valence-electron chi connectivity index (χ2n) is 3.73. The first-order valence-corrected chi connectivity index (χ1v) is 5.33. The van der Waals surface area contributed by atoms with E-state index in [2.05, 4.69) is 10.2 Å². The summed E-state index contributed by atoms with van der Waals surface area (Å²) in [6.45, 7) is 5.88. The molecule has 0 bridgehead atoms. The van der Waals surface area contributed by atoms with E-state index < -0.39 is 5.97 Å². The van der Waals surface area contributed by atoms with E-state index in [0.29, 0.717) is 13.1 Å². The molecule has 16 heavy (non-hydrogen) atoms. The molecule has 1 rings (SSSR count). The molecular weight excluding hydrogens is 208 g/mol. The fraction of sp³-hybridized carbons (Fsp3) is 0.700. The molecule has 90 valence electrons. The number of hydrogen-bond donors (Lipinski definition) is 1. The van der Waals surface area contributed by atoms with Crippen LogP contribution in [0.2, 0.25) is 0 Å². The Bertz CT molecular complexity index is 362. The van der Waals surface area contributed by atoms with Crippen LogP contribution in [0.5, 0.6) is 0 Å². The zero-order valence-electron chi connectivity index (χ0n) is 9.97. The van der Waals surface area contributed by atoms with Crippen molar-refractivity contribution < 1.29 is 9.90 Å². The van der Waals surface area contributed by atoms with E-state index in [1.54, 1.807) is 0 Å². The van der Waals surface area contributed by atoms with E-state index in [0.717, 1.165) is 18.2 Å². The van der Waals surface area contributed by atoms with Crippen molar-refractivity contribution in [2.24, 2.45) is 7.05 Å². The minimum absolute atomic E-state index is 0.157. The summed E-state index contributed by atoms with van der Waals surface area (Å²) in [5, 5.41) is 16.6. The standard InChI is InChI=1S/C10H18N4O2/c1-4-14(6-5-10(15)16)7-9-12-11-8(2)13(9)3/h4-7H2,1-3H3,(H,15,16). The largest absolute Gasteiger partial charge is 0.481 e. The second kappa shape index (κ2) is 5.60. The van der Waals surface area contributed by atoms with Gasteiger partial charge in [-0.05, 0) is 13.5 Å². The highest BCUT2D eigenvalue weighted by molar-refractivity contribution is 5.66. The smallest absolute Gasteiger partial charge is 0.304 e. The lowest BCUT2D eigenvalue weighted by molar-refractivity contribution is -0.137. The summed E-state index contributed by atoms with van der Waals surface area (Å²) in [6, 6.07) is 0. The molecule has 0 atom stereocenters. The average Bonchev–Trinajstić information content (AvgIpc) is 2.55. The van der Waals surface area contributed by atoms with Gasteiger partial charge in [0.2, 0.25) is 0 Å². The fourth-order valence-electron chi connectivity index (χ4n) is 1.39. The molecular formula is C10H18N4O2. The number of nitrogens with zero attached hydrogens (tertiary/aromatic N) is 4. The van der Waals surface area contributed by atoms with Crippen molar-refractivity contribution in [3.63, 3.8) is 0 Å². The highest BCUT2D eigenvalue weighted by atomic mass is 16.4. The van der Waals surface area contributed by atoms with Crippen LogP contribution in [0.4, 0.5) is 0 Å². The minimum Gasteiger partial charge on any atom is -0.481 e. The lowest BCUT2D eigenvalue weighted by Gasteiger charge is -2.18. The Morgan fingerprint density at radius 1 is 1.50 bits per heavy atom. The summed E-state index contributed by atoms with van der Waals surface area (Å²) in [5.41, 5.74) is 0. The van der Waals surface area contributed by atoms with Gasteiger partial charge in [0.25, 0.3) is 0 Å². The molecule has 0 spiro atoms. The zero-order valence-corrected chi connectivity index (χ0v) is 9.97. The van der Waals surface area contributed by atoms with Crippen molar-refractivity contribution in [3.8, 4) is 0 Å². The van der Waals surface area contributed by atoms with Gasteiger partial charge in [0, 0.05) is 13.6 Å². The maximum Gasteiger partial charge on any atom is 0.304 e. The number of carbonyl (C=O) groups is 1. The van der Waals surface area contributed by atoms with Crippen LogP contribution in [0.1, 0.15) is 25.0 Å². The topological polar surface area (TPSA) is 71.2 Å². The first kappa shape index (κ1) is 12.6. The van der Waals surface area contributed by atoms with Crippen molar-refractivity contribution >= 4 is 5.97 Å². The summed E-state index contributed by atoms with van der Waals surface area (Å²) >= 11 is 0. The Morgan fingerprint density at radius 2 is 2.19 bits per heavy atom. The molecule has 0 amide bonds. The predicted octanol–water partition coefficient (Wildman–Crippen LogP) is 0.420. The molecule has 0 fully saturated rings. The number of aryl methyl sites for hydroxylation is 1. The van der Waals surface area contributed by atoms with Gasteiger partial charge < -0.3 is 9.67 Å². The third kappa shape index (κ3) is 3.30. The normalized spacial score (nSPS) is 11.0. The summed E-state index contributed by atoms with van der Waals surface area (Å²) < 4.78 is 1.92. The second-order valence-corrected chi connectivity index (χ2v) is 3.73. The van der Waals surface area contributed by atoms with Gasteiger partial charge in [0.1, 0.15) is 11.6 Å². The van der Waals surface area contributed by atoms with Gasteiger partial charge in [0.15, 0.2) is 0 Å². The number of carboxylic acid groups (broad SMARTS) is 1. The molecule has 0 saturated carbocycles. The first-order valence-electron chi connectivity index (χ1n) is 5.33. The van der Waals surface area contributed by atoms with Gasteiger partial charge in [-0.1, -0.05) is 6.92 Å². The van der Waals surface area contributed by atoms with Crippen LogP contribution in [-0.4, -0.2) is 43.8 Å². The number of hydrogen-bond acceptors (Lipinski definition) is 4. The SMILES string of the molecule is CCN(CCC(=O)O)Cc1nnc(C)n1C. The number of carboxylic acids is 1. The van der Waals surface area contributed by atoms with Crippen LogP contribution in [0, 0.1) is 6.92 Å². The Balaban J connectivity index is 2.56. The van der Waals surface area contributed by atoms with Gasteiger partial charge in [0.05, 0.1) is 13.0 Å². The van der Waals surface area contributed by atoms with Crippen LogP contribution >= 0.6 is 0 Å².